The van der Waals surface area contributed by atoms with Crippen molar-refractivity contribution in [3.8, 4) is 5.75 Å². The number of carbonyl (C=O) groups excluding carboxylic acids is 1. The van der Waals surface area contributed by atoms with Crippen molar-refractivity contribution in [3.05, 3.63) is 95.4 Å². The van der Waals surface area contributed by atoms with Crippen LogP contribution in [0.4, 0.5) is 14.9 Å². The number of fused-ring (bicyclic) bond motifs is 3. The van der Waals surface area contributed by atoms with Crippen LogP contribution in [0, 0.1) is 5.82 Å². The summed E-state index contributed by atoms with van der Waals surface area (Å²) in [5.41, 5.74) is 4.68. The number of methoxy groups -OCH3 is 1. The molecule has 1 aliphatic rings. The molecule has 0 bridgehead atoms. The van der Waals surface area contributed by atoms with Crippen LogP contribution in [0.15, 0.2) is 72.8 Å². The molecule has 5 rings (SSSR count). The number of ether oxygens (including phenoxy) is 1. The minimum Gasteiger partial charge on any atom is -0.497 e. The van der Waals surface area contributed by atoms with Crippen molar-refractivity contribution in [1.82, 2.24) is 9.88 Å². The first-order valence-corrected chi connectivity index (χ1v) is 10.2. The number of benzene rings is 3. The highest BCUT2D eigenvalue weighted by atomic mass is 19.1. The van der Waals surface area contributed by atoms with Crippen molar-refractivity contribution in [2.45, 2.75) is 12.5 Å². The number of hydrogen-bond donors (Lipinski definition) is 2. The predicted molar refractivity (Wildman–Crippen MR) is 119 cm³/mol. The van der Waals surface area contributed by atoms with Crippen LogP contribution in [0.2, 0.25) is 0 Å². The second-order valence-electron chi connectivity index (χ2n) is 7.62. The topological polar surface area (TPSA) is 57.4 Å². The van der Waals surface area contributed by atoms with Crippen molar-refractivity contribution >= 4 is 22.6 Å². The summed E-state index contributed by atoms with van der Waals surface area (Å²) in [6, 6.07) is 21.1. The third-order valence-corrected chi connectivity index (χ3v) is 5.81. The average molecular weight is 415 g/mol. The molecule has 4 aromatic rings. The number of amides is 2. The molecule has 2 N–H and O–H groups in total. The third kappa shape index (κ3) is 3.50. The Morgan fingerprint density at radius 3 is 2.61 bits per heavy atom. The Morgan fingerprint density at radius 2 is 1.87 bits per heavy atom. The number of aromatic nitrogens is 1. The number of H-pyrrole nitrogens is 1. The molecule has 156 valence electrons. The van der Waals surface area contributed by atoms with Gasteiger partial charge in [0.2, 0.25) is 0 Å². The minimum atomic E-state index is -0.355. The number of anilines is 1. The van der Waals surface area contributed by atoms with Gasteiger partial charge in [0.15, 0.2) is 0 Å². The van der Waals surface area contributed by atoms with Gasteiger partial charge in [0.05, 0.1) is 13.2 Å². The molecule has 0 unspecified atom stereocenters. The number of para-hydroxylation sites is 1. The molecule has 0 saturated carbocycles. The maximum atomic E-state index is 13.6. The van der Waals surface area contributed by atoms with E-state index in [4.69, 9.17) is 4.74 Å². The number of aromatic amines is 1. The SMILES string of the molecule is COc1ccc2[nH]c3c(c2c1)CCN(C(=O)Nc1ccccc1)[C@H]3c1ccc(F)cc1. The zero-order chi connectivity index (χ0) is 21.4. The number of hydrogen-bond acceptors (Lipinski definition) is 2. The summed E-state index contributed by atoms with van der Waals surface area (Å²) in [5, 5.41) is 4.07. The first-order valence-electron chi connectivity index (χ1n) is 10.2. The van der Waals surface area contributed by atoms with Crippen molar-refractivity contribution in [1.29, 1.82) is 0 Å². The molecule has 5 nitrogen and oxygen atoms in total. The molecule has 1 aliphatic heterocycles. The van der Waals surface area contributed by atoms with Gasteiger partial charge in [-0.25, -0.2) is 9.18 Å². The van der Waals surface area contributed by atoms with E-state index >= 15 is 0 Å². The first kappa shape index (κ1) is 19.2. The van der Waals surface area contributed by atoms with Gasteiger partial charge in [0.1, 0.15) is 11.6 Å². The normalized spacial score (nSPS) is 15.5. The molecule has 0 saturated heterocycles. The summed E-state index contributed by atoms with van der Waals surface area (Å²) in [4.78, 5) is 18.6. The molecule has 0 aliphatic carbocycles. The largest absolute Gasteiger partial charge is 0.497 e. The van der Waals surface area contributed by atoms with E-state index in [1.807, 2.05) is 48.5 Å². The van der Waals surface area contributed by atoms with Crippen LogP contribution in [0.25, 0.3) is 10.9 Å². The van der Waals surface area contributed by atoms with Gasteiger partial charge in [-0.05, 0) is 60.0 Å². The third-order valence-electron chi connectivity index (χ3n) is 5.81. The fraction of sp³-hybridized carbons (Fsp3) is 0.160. The van der Waals surface area contributed by atoms with Crippen molar-refractivity contribution in [2.75, 3.05) is 19.0 Å². The molecule has 2 heterocycles. The van der Waals surface area contributed by atoms with Crippen LogP contribution < -0.4 is 10.1 Å². The molecule has 2 amide bonds. The lowest BCUT2D eigenvalue weighted by Crippen LogP contribution is -2.43. The van der Waals surface area contributed by atoms with Crippen LogP contribution >= 0.6 is 0 Å². The van der Waals surface area contributed by atoms with Gasteiger partial charge < -0.3 is 19.9 Å². The highest BCUT2D eigenvalue weighted by molar-refractivity contribution is 5.91. The van der Waals surface area contributed by atoms with Gasteiger partial charge in [0, 0.05) is 28.8 Å². The van der Waals surface area contributed by atoms with Gasteiger partial charge in [-0.2, -0.15) is 0 Å². The van der Waals surface area contributed by atoms with E-state index in [0.29, 0.717) is 13.0 Å². The highest BCUT2D eigenvalue weighted by Gasteiger charge is 2.34. The second kappa shape index (κ2) is 7.80. The number of rotatable bonds is 3. The van der Waals surface area contributed by atoms with Gasteiger partial charge >= 0.3 is 6.03 Å². The zero-order valence-corrected chi connectivity index (χ0v) is 17.1. The molecule has 0 fully saturated rings. The lowest BCUT2D eigenvalue weighted by Gasteiger charge is -2.36. The lowest BCUT2D eigenvalue weighted by molar-refractivity contribution is 0.193. The molecule has 3 aromatic carbocycles. The number of nitrogens with one attached hydrogen (secondary N) is 2. The Balaban J connectivity index is 1.59. The van der Waals surface area contributed by atoms with Gasteiger partial charge in [-0.3, -0.25) is 0 Å². The maximum absolute atomic E-state index is 13.6. The molecule has 6 heteroatoms. The molecule has 1 atom stereocenters. The monoisotopic (exact) mass is 415 g/mol. The van der Waals surface area contributed by atoms with Gasteiger partial charge in [-0.15, -0.1) is 0 Å². The predicted octanol–water partition coefficient (Wildman–Crippen LogP) is 5.50. The number of carbonyl (C=O) groups is 1. The lowest BCUT2D eigenvalue weighted by atomic mass is 9.92. The Kier molecular flexibility index (Phi) is 4.82. The number of halogens is 1. The Bertz CT molecular complexity index is 1240. The van der Waals surface area contributed by atoms with E-state index in [0.717, 1.165) is 39.2 Å². The summed E-state index contributed by atoms with van der Waals surface area (Å²) in [7, 11) is 1.65. The highest BCUT2D eigenvalue weighted by Crippen LogP contribution is 2.39. The van der Waals surface area contributed by atoms with E-state index in [-0.39, 0.29) is 17.9 Å². The van der Waals surface area contributed by atoms with Crippen LogP contribution in [-0.4, -0.2) is 29.6 Å². The van der Waals surface area contributed by atoms with Gasteiger partial charge in [0.25, 0.3) is 0 Å². The smallest absolute Gasteiger partial charge is 0.322 e. The first-order chi connectivity index (χ1) is 15.1. The Labute approximate surface area is 179 Å². The average Bonchev–Trinajstić information content (AvgIpc) is 3.17. The van der Waals surface area contributed by atoms with E-state index in [2.05, 4.69) is 10.3 Å². The van der Waals surface area contributed by atoms with Gasteiger partial charge in [-0.1, -0.05) is 30.3 Å². The summed E-state index contributed by atoms with van der Waals surface area (Å²) < 4.78 is 19.0. The quantitative estimate of drug-likeness (QED) is 0.465. The minimum absolute atomic E-state index is 0.192. The standard InChI is InChI=1S/C25H22FN3O2/c1-31-19-11-12-22-21(15-19)20-13-14-29(25(30)27-18-5-3-2-4-6-18)24(23(20)28-22)16-7-9-17(26)10-8-16/h2-12,15,24,28H,13-14H2,1H3,(H,27,30)/t24-/m0/s1. The fourth-order valence-electron chi connectivity index (χ4n) is 4.32. The van der Waals surface area contributed by atoms with E-state index in [1.54, 1.807) is 24.1 Å². The summed E-state index contributed by atoms with van der Waals surface area (Å²) in [6.45, 7) is 0.540. The van der Waals surface area contributed by atoms with E-state index in [1.165, 1.54) is 12.1 Å². The fourth-order valence-corrected chi connectivity index (χ4v) is 4.32. The Hall–Kier alpha value is -3.80. The van der Waals surface area contributed by atoms with Crippen molar-refractivity contribution < 1.29 is 13.9 Å². The van der Waals surface area contributed by atoms with Crippen molar-refractivity contribution in [2.24, 2.45) is 0 Å². The molecule has 1 aromatic heterocycles. The molecule has 0 spiro atoms. The number of urea groups is 1. The van der Waals surface area contributed by atoms with Crippen LogP contribution in [0.5, 0.6) is 5.75 Å². The summed E-state index contributed by atoms with van der Waals surface area (Å²) in [5.74, 6) is 0.485. The maximum Gasteiger partial charge on any atom is 0.322 e. The van der Waals surface area contributed by atoms with Crippen LogP contribution in [-0.2, 0) is 6.42 Å². The van der Waals surface area contributed by atoms with E-state index < -0.39 is 0 Å². The molecular formula is C25H22FN3O2. The van der Waals surface area contributed by atoms with Crippen LogP contribution in [0.1, 0.15) is 22.9 Å². The molecule has 31 heavy (non-hydrogen) atoms. The summed E-state index contributed by atoms with van der Waals surface area (Å²) in [6.07, 6.45) is 0.711. The molecular weight excluding hydrogens is 393 g/mol. The number of nitrogens with zero attached hydrogens (tertiary/aromatic N) is 1. The van der Waals surface area contributed by atoms with Crippen molar-refractivity contribution in [3.63, 3.8) is 0 Å². The second-order valence-corrected chi connectivity index (χ2v) is 7.62. The Morgan fingerprint density at radius 1 is 1.10 bits per heavy atom. The summed E-state index contributed by atoms with van der Waals surface area (Å²) >= 11 is 0. The molecule has 0 radical (unpaired) electrons. The zero-order valence-electron chi connectivity index (χ0n) is 17.1. The van der Waals surface area contributed by atoms with E-state index in [9.17, 15) is 9.18 Å². The van der Waals surface area contributed by atoms with Crippen LogP contribution in [0.3, 0.4) is 0 Å².